The fraction of sp³-hybridized carbons (Fsp3) is 0.222. The van der Waals surface area contributed by atoms with E-state index >= 15 is 0 Å². The van der Waals surface area contributed by atoms with Crippen molar-refractivity contribution >= 4 is 11.7 Å². The molecule has 1 heterocycles. The summed E-state index contributed by atoms with van der Waals surface area (Å²) < 4.78 is 0.254. The lowest BCUT2D eigenvalue weighted by Gasteiger charge is -2.08. The molecule has 7 nitrogen and oxygen atoms in total. The van der Waals surface area contributed by atoms with Crippen molar-refractivity contribution in [3.05, 3.63) is 27.7 Å². The molecule has 0 aromatic carbocycles. The van der Waals surface area contributed by atoms with E-state index < -0.39 is 28.6 Å². The Bertz CT molecular complexity index is 517. The summed E-state index contributed by atoms with van der Waals surface area (Å²) in [4.78, 5) is 33.8. The van der Waals surface area contributed by atoms with Gasteiger partial charge in [0.2, 0.25) is 5.43 Å². The summed E-state index contributed by atoms with van der Waals surface area (Å²) in [7, 11) is 1.25. The Hall–Kier alpha value is -2.31. The number of hydrogen-bond donors (Lipinski definition) is 3. The molecule has 0 saturated carbocycles. The molecule has 0 atom stereocenters. The molecule has 0 aliphatic rings. The predicted octanol–water partition coefficient (Wildman–Crippen LogP) is -0.972. The van der Waals surface area contributed by atoms with E-state index in [0.717, 1.165) is 0 Å². The largest absolute Gasteiger partial charge is 0.503 e. The fourth-order valence-corrected chi connectivity index (χ4v) is 1.21. The molecule has 0 unspecified atom stereocenters. The van der Waals surface area contributed by atoms with E-state index in [2.05, 4.69) is 5.32 Å². The fourth-order valence-electron chi connectivity index (χ4n) is 1.21. The summed E-state index contributed by atoms with van der Waals surface area (Å²) in [6.45, 7) is 1.23. The Morgan fingerprint density at radius 3 is 2.50 bits per heavy atom. The van der Waals surface area contributed by atoms with E-state index in [1.54, 1.807) is 0 Å². The van der Waals surface area contributed by atoms with Gasteiger partial charge in [0.15, 0.2) is 5.75 Å². The van der Waals surface area contributed by atoms with E-state index in [-0.39, 0.29) is 10.3 Å². The standard InChI is InChI=1S/C9H10N2O5/c1-4-6(8(14)9(15)10-2)11(16)3-5(12)7(4)13/h3,12,16H,1-2H3,(H,10,15). The number of carbonyl (C=O) groups is 2. The van der Waals surface area contributed by atoms with Crippen LogP contribution in [0.1, 0.15) is 16.1 Å². The van der Waals surface area contributed by atoms with E-state index in [9.17, 15) is 19.6 Å². The molecule has 0 saturated heterocycles. The maximum Gasteiger partial charge on any atom is 0.293 e. The topological polar surface area (TPSA) is 109 Å². The molecular formula is C9H10N2O5. The van der Waals surface area contributed by atoms with Gasteiger partial charge >= 0.3 is 0 Å². The highest BCUT2D eigenvalue weighted by Gasteiger charge is 2.23. The quantitative estimate of drug-likeness (QED) is 0.341. The summed E-state index contributed by atoms with van der Waals surface area (Å²) in [6.07, 6.45) is 0.658. The molecule has 0 spiro atoms. The van der Waals surface area contributed by atoms with Crippen LogP contribution in [0.4, 0.5) is 0 Å². The van der Waals surface area contributed by atoms with Gasteiger partial charge in [0, 0.05) is 12.6 Å². The minimum Gasteiger partial charge on any atom is -0.503 e. The molecule has 1 rings (SSSR count). The molecular weight excluding hydrogens is 216 g/mol. The van der Waals surface area contributed by atoms with Crippen LogP contribution in [0.2, 0.25) is 0 Å². The van der Waals surface area contributed by atoms with Crippen LogP contribution < -0.4 is 10.7 Å². The van der Waals surface area contributed by atoms with Gasteiger partial charge in [-0.2, -0.15) is 4.73 Å². The van der Waals surface area contributed by atoms with Crippen LogP contribution in [0.3, 0.4) is 0 Å². The third kappa shape index (κ3) is 1.74. The van der Waals surface area contributed by atoms with Crippen LogP contribution in [0, 0.1) is 6.92 Å². The third-order valence-corrected chi connectivity index (χ3v) is 2.05. The first kappa shape index (κ1) is 11.8. The average Bonchev–Trinajstić information content (AvgIpc) is 2.24. The smallest absolute Gasteiger partial charge is 0.293 e. The lowest BCUT2D eigenvalue weighted by Crippen LogP contribution is -2.32. The summed E-state index contributed by atoms with van der Waals surface area (Å²) in [5.41, 5.74) is -1.48. The first-order chi connectivity index (χ1) is 7.40. The lowest BCUT2D eigenvalue weighted by molar-refractivity contribution is -0.116. The molecule has 0 fully saturated rings. The Kier molecular flexibility index (Phi) is 2.98. The normalized spacial score (nSPS) is 9.88. The van der Waals surface area contributed by atoms with Gasteiger partial charge in [0.05, 0.1) is 6.20 Å². The van der Waals surface area contributed by atoms with E-state index in [4.69, 9.17) is 5.11 Å². The van der Waals surface area contributed by atoms with Crippen molar-refractivity contribution in [2.24, 2.45) is 0 Å². The number of pyridine rings is 1. The highest BCUT2D eigenvalue weighted by molar-refractivity contribution is 6.42. The number of aromatic hydroxyl groups is 1. The number of nitrogens with one attached hydrogen (secondary N) is 1. The van der Waals surface area contributed by atoms with Gasteiger partial charge in [-0.3, -0.25) is 14.4 Å². The first-order valence-electron chi connectivity index (χ1n) is 4.31. The van der Waals surface area contributed by atoms with Gasteiger partial charge in [-0.25, -0.2) is 0 Å². The van der Waals surface area contributed by atoms with Gasteiger partial charge < -0.3 is 15.6 Å². The maximum atomic E-state index is 11.5. The van der Waals surface area contributed by atoms with E-state index in [1.807, 2.05) is 0 Å². The number of hydrogen-bond acceptors (Lipinski definition) is 5. The Balaban J connectivity index is 3.46. The van der Waals surface area contributed by atoms with Crippen LogP contribution in [-0.4, -0.2) is 33.8 Å². The molecule has 1 amide bonds. The number of amides is 1. The number of ketones is 1. The molecule has 0 radical (unpaired) electrons. The number of aromatic nitrogens is 1. The van der Waals surface area contributed by atoms with Crippen molar-refractivity contribution in [2.75, 3.05) is 7.05 Å². The highest BCUT2D eigenvalue weighted by atomic mass is 16.5. The minimum atomic E-state index is -1.06. The number of carbonyl (C=O) groups excluding carboxylic acids is 2. The van der Waals surface area contributed by atoms with Crippen molar-refractivity contribution < 1.29 is 19.9 Å². The van der Waals surface area contributed by atoms with Gasteiger partial charge in [-0.05, 0) is 6.92 Å². The Morgan fingerprint density at radius 2 is 2.00 bits per heavy atom. The van der Waals surface area contributed by atoms with Crippen LogP contribution >= 0.6 is 0 Å². The molecule has 0 aliphatic carbocycles. The van der Waals surface area contributed by atoms with E-state index in [1.165, 1.54) is 14.0 Å². The molecule has 0 aliphatic heterocycles. The molecule has 1 aromatic heterocycles. The third-order valence-electron chi connectivity index (χ3n) is 2.05. The molecule has 86 valence electrons. The zero-order chi connectivity index (χ0) is 12.5. The van der Waals surface area contributed by atoms with Crippen LogP contribution in [-0.2, 0) is 4.79 Å². The van der Waals surface area contributed by atoms with Crippen LogP contribution in [0.5, 0.6) is 5.75 Å². The first-order valence-corrected chi connectivity index (χ1v) is 4.31. The highest BCUT2D eigenvalue weighted by Crippen LogP contribution is 2.09. The number of rotatable bonds is 2. The Morgan fingerprint density at radius 1 is 1.44 bits per heavy atom. The summed E-state index contributed by atoms with van der Waals surface area (Å²) in [5.74, 6) is -2.72. The van der Waals surface area contributed by atoms with Gasteiger partial charge in [0.1, 0.15) is 5.69 Å². The molecule has 16 heavy (non-hydrogen) atoms. The zero-order valence-electron chi connectivity index (χ0n) is 8.64. The van der Waals surface area contributed by atoms with Gasteiger partial charge in [0.25, 0.3) is 11.7 Å². The second kappa shape index (κ2) is 4.05. The molecule has 1 aromatic rings. The van der Waals surface area contributed by atoms with Crippen molar-refractivity contribution in [2.45, 2.75) is 6.92 Å². The molecule has 7 heteroatoms. The number of Topliss-reactive ketones (excluding diaryl/α,β-unsaturated/α-hetero) is 1. The Labute approximate surface area is 89.9 Å². The summed E-state index contributed by atoms with van der Waals surface area (Å²) >= 11 is 0. The summed E-state index contributed by atoms with van der Waals surface area (Å²) in [5, 5.41) is 20.5. The average molecular weight is 226 g/mol. The molecule has 0 bridgehead atoms. The number of nitrogens with zero attached hydrogens (tertiary/aromatic N) is 1. The lowest BCUT2D eigenvalue weighted by atomic mass is 10.1. The minimum absolute atomic E-state index is 0.198. The maximum absolute atomic E-state index is 11.5. The number of likely N-dealkylation sites (N-methyl/N-ethyl adjacent to an activating group) is 1. The SMILES string of the molecule is CNC(=O)C(=O)c1c(C)c(=O)c(O)cn1O. The van der Waals surface area contributed by atoms with Crippen molar-refractivity contribution in [1.29, 1.82) is 0 Å². The second-order valence-electron chi connectivity index (χ2n) is 3.07. The zero-order valence-corrected chi connectivity index (χ0v) is 8.64. The van der Waals surface area contributed by atoms with Gasteiger partial charge in [-0.15, -0.1) is 0 Å². The monoisotopic (exact) mass is 226 g/mol. The van der Waals surface area contributed by atoms with Crippen LogP contribution in [0.25, 0.3) is 0 Å². The molecule has 3 N–H and O–H groups in total. The van der Waals surface area contributed by atoms with Crippen molar-refractivity contribution in [3.8, 4) is 5.75 Å². The second-order valence-corrected chi connectivity index (χ2v) is 3.07. The van der Waals surface area contributed by atoms with Crippen LogP contribution in [0.15, 0.2) is 11.0 Å². The predicted molar refractivity (Wildman–Crippen MR) is 52.7 cm³/mol. The van der Waals surface area contributed by atoms with E-state index in [0.29, 0.717) is 6.20 Å². The summed E-state index contributed by atoms with van der Waals surface area (Å²) in [6, 6.07) is 0. The van der Waals surface area contributed by atoms with Crippen molar-refractivity contribution in [1.82, 2.24) is 10.0 Å². The van der Waals surface area contributed by atoms with Crippen molar-refractivity contribution in [3.63, 3.8) is 0 Å². The van der Waals surface area contributed by atoms with Gasteiger partial charge in [-0.1, -0.05) is 0 Å².